The number of hydrogen-bond acceptors (Lipinski definition) is 5. The Hall–Kier alpha value is -3.22. The summed E-state index contributed by atoms with van der Waals surface area (Å²) < 4.78 is 37.5. The molecule has 0 spiro atoms. The Kier molecular flexibility index (Phi) is 4.24. The number of carbonyl (C=O) groups excluding carboxylic acids is 1. The topological polar surface area (TPSA) is 64.4 Å². The smallest absolute Gasteiger partial charge is 0.338 e. The molecule has 3 rings (SSSR count). The standard InChI is InChI=1S/C17H12F2N2O3/c1-23-16(22)11-6-3-2-5-10(11)14-9-20-17(24-14)21-15-12(18)7-4-8-13(15)19/h2-9H,1H3,(H,20,21). The third kappa shape index (κ3) is 2.96. The number of benzene rings is 2. The van der Waals surface area contributed by atoms with E-state index in [-0.39, 0.29) is 17.5 Å². The minimum atomic E-state index is -0.773. The van der Waals surface area contributed by atoms with Crippen LogP contribution in [0.3, 0.4) is 0 Å². The summed E-state index contributed by atoms with van der Waals surface area (Å²) in [5.74, 6) is -1.82. The predicted octanol–water partition coefficient (Wildman–Crippen LogP) is 4.15. The number of anilines is 2. The van der Waals surface area contributed by atoms with E-state index in [9.17, 15) is 13.6 Å². The van der Waals surface area contributed by atoms with Crippen molar-refractivity contribution in [2.45, 2.75) is 0 Å². The first-order chi connectivity index (χ1) is 11.6. The van der Waals surface area contributed by atoms with E-state index in [1.807, 2.05) is 0 Å². The summed E-state index contributed by atoms with van der Waals surface area (Å²) in [5.41, 5.74) is 0.380. The van der Waals surface area contributed by atoms with Gasteiger partial charge in [-0.3, -0.25) is 0 Å². The van der Waals surface area contributed by atoms with Gasteiger partial charge in [0, 0.05) is 5.56 Å². The van der Waals surface area contributed by atoms with Crippen molar-refractivity contribution in [1.82, 2.24) is 4.98 Å². The lowest BCUT2D eigenvalue weighted by molar-refractivity contribution is 0.0601. The minimum absolute atomic E-state index is 0.103. The summed E-state index contributed by atoms with van der Waals surface area (Å²) in [7, 11) is 1.27. The first-order valence-electron chi connectivity index (χ1n) is 6.94. The minimum Gasteiger partial charge on any atom is -0.465 e. The van der Waals surface area contributed by atoms with Crippen LogP contribution in [0.2, 0.25) is 0 Å². The summed E-state index contributed by atoms with van der Waals surface area (Å²) >= 11 is 0. The van der Waals surface area contributed by atoms with Crippen LogP contribution < -0.4 is 5.32 Å². The molecule has 5 nitrogen and oxygen atoms in total. The molecule has 0 saturated carbocycles. The highest BCUT2D eigenvalue weighted by atomic mass is 19.1. The molecular formula is C17H12F2N2O3. The number of rotatable bonds is 4. The van der Waals surface area contributed by atoms with Crippen LogP contribution in [0.5, 0.6) is 0 Å². The number of nitrogens with one attached hydrogen (secondary N) is 1. The van der Waals surface area contributed by atoms with E-state index in [1.54, 1.807) is 24.3 Å². The highest BCUT2D eigenvalue weighted by Gasteiger charge is 2.17. The molecule has 24 heavy (non-hydrogen) atoms. The largest absolute Gasteiger partial charge is 0.465 e. The molecule has 0 aliphatic carbocycles. The number of oxazole rings is 1. The number of aromatic nitrogens is 1. The normalized spacial score (nSPS) is 10.5. The first kappa shape index (κ1) is 15.7. The lowest BCUT2D eigenvalue weighted by Crippen LogP contribution is -2.02. The van der Waals surface area contributed by atoms with Gasteiger partial charge in [0.1, 0.15) is 17.3 Å². The average Bonchev–Trinajstić information content (AvgIpc) is 3.06. The lowest BCUT2D eigenvalue weighted by Gasteiger charge is -2.05. The maximum absolute atomic E-state index is 13.6. The Morgan fingerprint density at radius 1 is 1.12 bits per heavy atom. The molecule has 0 amide bonds. The maximum atomic E-state index is 13.6. The Morgan fingerprint density at radius 2 is 1.83 bits per heavy atom. The molecule has 0 fully saturated rings. The molecule has 1 aromatic heterocycles. The second-order valence-electron chi connectivity index (χ2n) is 4.79. The van der Waals surface area contributed by atoms with E-state index >= 15 is 0 Å². The van der Waals surface area contributed by atoms with Crippen molar-refractivity contribution in [3.8, 4) is 11.3 Å². The third-order valence-electron chi connectivity index (χ3n) is 3.30. The number of methoxy groups -OCH3 is 1. The summed E-state index contributed by atoms with van der Waals surface area (Å²) in [6, 6.07) is 10.0. The van der Waals surface area contributed by atoms with E-state index in [4.69, 9.17) is 9.15 Å². The van der Waals surface area contributed by atoms with Crippen LogP contribution >= 0.6 is 0 Å². The fourth-order valence-corrected chi connectivity index (χ4v) is 2.17. The number of hydrogen-bond donors (Lipinski definition) is 1. The van der Waals surface area contributed by atoms with Crippen LogP contribution in [0, 0.1) is 11.6 Å². The second-order valence-corrected chi connectivity index (χ2v) is 4.79. The fraction of sp³-hybridized carbons (Fsp3) is 0.0588. The summed E-state index contributed by atoms with van der Waals surface area (Å²) in [6.45, 7) is 0. The first-order valence-corrected chi connectivity index (χ1v) is 6.94. The number of para-hydroxylation sites is 1. The zero-order valence-electron chi connectivity index (χ0n) is 12.5. The van der Waals surface area contributed by atoms with Gasteiger partial charge in [0.25, 0.3) is 6.01 Å². The molecule has 0 unspecified atom stereocenters. The number of halogens is 2. The van der Waals surface area contributed by atoms with Gasteiger partial charge in [-0.05, 0) is 18.2 Å². The highest BCUT2D eigenvalue weighted by Crippen LogP contribution is 2.29. The molecule has 0 saturated heterocycles. The van der Waals surface area contributed by atoms with E-state index in [0.717, 1.165) is 12.1 Å². The molecule has 7 heteroatoms. The fourth-order valence-electron chi connectivity index (χ4n) is 2.17. The molecule has 1 N–H and O–H groups in total. The van der Waals surface area contributed by atoms with Crippen molar-refractivity contribution >= 4 is 17.7 Å². The summed E-state index contributed by atoms with van der Waals surface area (Å²) in [6.07, 6.45) is 1.35. The maximum Gasteiger partial charge on any atom is 0.338 e. The molecule has 0 atom stereocenters. The predicted molar refractivity (Wildman–Crippen MR) is 82.9 cm³/mol. The Morgan fingerprint density at radius 3 is 2.54 bits per heavy atom. The highest BCUT2D eigenvalue weighted by molar-refractivity contribution is 5.96. The molecule has 0 bridgehead atoms. The second kappa shape index (κ2) is 6.49. The van der Waals surface area contributed by atoms with E-state index < -0.39 is 17.6 Å². The van der Waals surface area contributed by atoms with Gasteiger partial charge in [-0.2, -0.15) is 0 Å². The van der Waals surface area contributed by atoms with Crippen molar-refractivity contribution in [2.24, 2.45) is 0 Å². The number of nitrogens with zero attached hydrogens (tertiary/aromatic N) is 1. The van der Waals surface area contributed by atoms with Crippen molar-refractivity contribution in [3.05, 3.63) is 65.9 Å². The van der Waals surface area contributed by atoms with Crippen LogP contribution in [0.25, 0.3) is 11.3 Å². The lowest BCUT2D eigenvalue weighted by atomic mass is 10.1. The quantitative estimate of drug-likeness (QED) is 0.728. The van der Waals surface area contributed by atoms with Crippen molar-refractivity contribution in [2.75, 3.05) is 12.4 Å². The Bertz CT molecular complexity index is 873. The van der Waals surface area contributed by atoms with Crippen LogP contribution in [-0.4, -0.2) is 18.1 Å². The van der Waals surface area contributed by atoms with Gasteiger partial charge in [0.15, 0.2) is 5.76 Å². The Labute approximate surface area is 135 Å². The third-order valence-corrected chi connectivity index (χ3v) is 3.30. The van der Waals surface area contributed by atoms with Crippen LogP contribution in [-0.2, 0) is 4.74 Å². The van der Waals surface area contributed by atoms with Gasteiger partial charge in [-0.1, -0.05) is 24.3 Å². The summed E-state index contributed by atoms with van der Waals surface area (Å²) in [5, 5.41) is 2.45. The van der Waals surface area contributed by atoms with Crippen LogP contribution in [0.4, 0.5) is 20.5 Å². The van der Waals surface area contributed by atoms with Gasteiger partial charge in [-0.25, -0.2) is 18.6 Å². The van der Waals surface area contributed by atoms with Crippen LogP contribution in [0.1, 0.15) is 10.4 Å². The molecule has 0 radical (unpaired) electrons. The molecular weight excluding hydrogens is 318 g/mol. The number of carbonyl (C=O) groups is 1. The monoisotopic (exact) mass is 330 g/mol. The molecule has 122 valence electrons. The molecule has 0 aliphatic heterocycles. The molecule has 0 aliphatic rings. The zero-order valence-corrected chi connectivity index (χ0v) is 12.5. The SMILES string of the molecule is COC(=O)c1ccccc1-c1cnc(Nc2c(F)cccc2F)o1. The van der Waals surface area contributed by atoms with Crippen LogP contribution in [0.15, 0.2) is 53.1 Å². The number of ether oxygens (including phenoxy) is 1. The van der Waals surface area contributed by atoms with E-state index in [0.29, 0.717) is 11.1 Å². The van der Waals surface area contributed by atoms with E-state index in [2.05, 4.69) is 10.3 Å². The van der Waals surface area contributed by atoms with Gasteiger partial charge >= 0.3 is 5.97 Å². The Balaban J connectivity index is 1.94. The van der Waals surface area contributed by atoms with Gasteiger partial charge < -0.3 is 14.5 Å². The average molecular weight is 330 g/mol. The van der Waals surface area contributed by atoms with E-state index in [1.165, 1.54) is 19.4 Å². The molecule has 3 aromatic rings. The van der Waals surface area contributed by atoms with Gasteiger partial charge in [0.2, 0.25) is 0 Å². The zero-order chi connectivity index (χ0) is 17.1. The van der Waals surface area contributed by atoms with Crippen molar-refractivity contribution in [3.63, 3.8) is 0 Å². The van der Waals surface area contributed by atoms with Crippen molar-refractivity contribution in [1.29, 1.82) is 0 Å². The molecule has 2 aromatic carbocycles. The van der Waals surface area contributed by atoms with Crippen molar-refractivity contribution < 1.29 is 22.7 Å². The summed E-state index contributed by atoms with van der Waals surface area (Å²) in [4.78, 5) is 15.7. The van der Waals surface area contributed by atoms with Gasteiger partial charge in [0.05, 0.1) is 18.9 Å². The molecule has 1 heterocycles. The van der Waals surface area contributed by atoms with Gasteiger partial charge in [-0.15, -0.1) is 0 Å². The number of esters is 1.